The van der Waals surface area contributed by atoms with Gasteiger partial charge in [0.05, 0.1) is 5.69 Å². The maximum Gasteiger partial charge on any atom is 0.263 e. The number of fused-ring (bicyclic) bond motifs is 1. The molecule has 0 radical (unpaired) electrons. The Morgan fingerprint density at radius 2 is 2.19 bits per heavy atom. The van der Waals surface area contributed by atoms with E-state index in [9.17, 15) is 0 Å². The Bertz CT molecular complexity index is 630. The Kier molecular flexibility index (Phi) is 3.25. The molecule has 1 saturated heterocycles. The van der Waals surface area contributed by atoms with Crippen LogP contribution in [0.4, 0.5) is 5.82 Å². The maximum absolute atomic E-state index is 5.29. The van der Waals surface area contributed by atoms with Gasteiger partial charge in [-0.25, -0.2) is 4.98 Å². The van der Waals surface area contributed by atoms with Crippen molar-refractivity contribution >= 4 is 16.9 Å². The normalized spacial score (nSPS) is 22.0. The summed E-state index contributed by atoms with van der Waals surface area (Å²) in [6, 6.07) is 0.564. The summed E-state index contributed by atoms with van der Waals surface area (Å²) in [6.45, 7) is 5.18. The Labute approximate surface area is 123 Å². The van der Waals surface area contributed by atoms with Gasteiger partial charge in [0, 0.05) is 19.1 Å². The average molecular weight is 287 g/mol. The highest BCUT2D eigenvalue weighted by molar-refractivity contribution is 5.87. The fourth-order valence-electron chi connectivity index (χ4n) is 3.18. The van der Waals surface area contributed by atoms with Gasteiger partial charge in [-0.3, -0.25) is 0 Å². The van der Waals surface area contributed by atoms with E-state index >= 15 is 0 Å². The first-order valence-corrected chi connectivity index (χ1v) is 7.86. The van der Waals surface area contributed by atoms with Gasteiger partial charge in [0.2, 0.25) is 0 Å². The van der Waals surface area contributed by atoms with Gasteiger partial charge in [-0.1, -0.05) is 5.16 Å². The second-order valence-corrected chi connectivity index (χ2v) is 6.29. The zero-order valence-electron chi connectivity index (χ0n) is 12.4. The molecule has 3 heterocycles. The number of aromatic nitrogens is 3. The van der Waals surface area contributed by atoms with Crippen LogP contribution in [0.15, 0.2) is 10.9 Å². The highest BCUT2D eigenvalue weighted by atomic mass is 16.5. The lowest BCUT2D eigenvalue weighted by atomic mass is 10.2. The highest BCUT2D eigenvalue weighted by Gasteiger charge is 2.29. The second-order valence-electron chi connectivity index (χ2n) is 6.29. The number of nitrogens with zero attached hydrogens (tertiary/aromatic N) is 4. The molecule has 1 N–H and O–H groups in total. The first-order valence-electron chi connectivity index (χ1n) is 7.86. The third-order valence-electron chi connectivity index (χ3n) is 4.50. The lowest BCUT2D eigenvalue weighted by Crippen LogP contribution is -2.39. The standard InChI is InChI=1S/C15H21N5O/c1-10-13-14(17-9-18-15(13)21-19-10)20(7-11-4-5-11)8-12-3-2-6-16-12/h9,11-12,16H,2-8H2,1H3. The van der Waals surface area contributed by atoms with E-state index in [4.69, 9.17) is 4.52 Å². The maximum atomic E-state index is 5.29. The summed E-state index contributed by atoms with van der Waals surface area (Å²) >= 11 is 0. The van der Waals surface area contributed by atoms with E-state index in [0.29, 0.717) is 11.8 Å². The summed E-state index contributed by atoms with van der Waals surface area (Å²) in [4.78, 5) is 11.2. The SMILES string of the molecule is Cc1noc2ncnc(N(CC3CC3)CC3CCCN3)c12. The van der Waals surface area contributed by atoms with Gasteiger partial charge in [-0.05, 0) is 45.1 Å². The molecule has 1 saturated carbocycles. The Morgan fingerprint density at radius 1 is 1.29 bits per heavy atom. The number of rotatable bonds is 5. The van der Waals surface area contributed by atoms with Crippen LogP contribution in [0.2, 0.25) is 0 Å². The third kappa shape index (κ3) is 2.60. The first-order chi connectivity index (χ1) is 10.3. The zero-order valence-corrected chi connectivity index (χ0v) is 12.4. The molecule has 0 aromatic carbocycles. The molecule has 2 aromatic heterocycles. The molecular weight excluding hydrogens is 266 g/mol. The van der Waals surface area contributed by atoms with Crippen LogP contribution < -0.4 is 10.2 Å². The van der Waals surface area contributed by atoms with Gasteiger partial charge in [-0.15, -0.1) is 0 Å². The average Bonchev–Trinajstić information content (AvgIpc) is 3.00. The third-order valence-corrected chi connectivity index (χ3v) is 4.50. The van der Waals surface area contributed by atoms with Gasteiger partial charge in [-0.2, -0.15) is 4.98 Å². The van der Waals surface area contributed by atoms with Crippen LogP contribution in [0.3, 0.4) is 0 Å². The quantitative estimate of drug-likeness (QED) is 0.906. The molecule has 1 atom stereocenters. The molecule has 1 aliphatic carbocycles. The molecule has 2 fully saturated rings. The van der Waals surface area contributed by atoms with Crippen molar-refractivity contribution in [2.45, 2.75) is 38.6 Å². The van der Waals surface area contributed by atoms with Crippen molar-refractivity contribution in [3.05, 3.63) is 12.0 Å². The molecule has 6 heteroatoms. The Hall–Kier alpha value is -1.69. The van der Waals surface area contributed by atoms with Gasteiger partial charge in [0.15, 0.2) is 0 Å². The van der Waals surface area contributed by atoms with E-state index in [1.54, 1.807) is 6.33 Å². The summed E-state index contributed by atoms with van der Waals surface area (Å²) in [5.74, 6) is 1.80. The van der Waals surface area contributed by atoms with E-state index in [0.717, 1.165) is 42.5 Å². The summed E-state index contributed by atoms with van der Waals surface area (Å²) < 4.78 is 5.29. The molecule has 2 aromatic rings. The van der Waals surface area contributed by atoms with E-state index in [2.05, 4.69) is 25.3 Å². The fraction of sp³-hybridized carbons (Fsp3) is 0.667. The van der Waals surface area contributed by atoms with Gasteiger partial charge >= 0.3 is 0 Å². The number of hydrogen-bond donors (Lipinski definition) is 1. The van der Waals surface area contributed by atoms with E-state index in [1.165, 1.54) is 25.7 Å². The molecular formula is C15H21N5O. The molecule has 21 heavy (non-hydrogen) atoms. The predicted molar refractivity (Wildman–Crippen MR) is 80.3 cm³/mol. The van der Waals surface area contributed by atoms with Crippen molar-refractivity contribution in [1.82, 2.24) is 20.4 Å². The summed E-state index contributed by atoms with van der Waals surface area (Å²) in [7, 11) is 0. The number of nitrogens with one attached hydrogen (secondary N) is 1. The van der Waals surface area contributed by atoms with Crippen LogP contribution in [-0.2, 0) is 0 Å². The highest BCUT2D eigenvalue weighted by Crippen LogP contribution is 2.33. The molecule has 112 valence electrons. The number of aryl methyl sites for hydroxylation is 1. The lowest BCUT2D eigenvalue weighted by Gasteiger charge is -2.27. The largest absolute Gasteiger partial charge is 0.354 e. The predicted octanol–water partition coefficient (Wildman–Crippen LogP) is 1.89. The number of hydrogen-bond acceptors (Lipinski definition) is 6. The van der Waals surface area contributed by atoms with Crippen LogP contribution in [0, 0.1) is 12.8 Å². The summed E-state index contributed by atoms with van der Waals surface area (Å²) in [5, 5.41) is 8.60. The topological polar surface area (TPSA) is 67.1 Å². The minimum atomic E-state index is 0.564. The van der Waals surface area contributed by atoms with Crippen molar-refractivity contribution in [1.29, 1.82) is 0 Å². The smallest absolute Gasteiger partial charge is 0.263 e. The monoisotopic (exact) mass is 287 g/mol. The minimum Gasteiger partial charge on any atom is -0.354 e. The van der Waals surface area contributed by atoms with Crippen LogP contribution in [0.1, 0.15) is 31.4 Å². The minimum absolute atomic E-state index is 0.564. The van der Waals surface area contributed by atoms with Crippen molar-refractivity contribution < 1.29 is 4.52 Å². The van der Waals surface area contributed by atoms with E-state index in [-0.39, 0.29) is 0 Å². The second kappa shape index (κ2) is 5.26. The molecule has 0 amide bonds. The molecule has 1 unspecified atom stereocenters. The Balaban J connectivity index is 1.67. The van der Waals surface area contributed by atoms with Gasteiger partial charge < -0.3 is 14.7 Å². The fourth-order valence-corrected chi connectivity index (χ4v) is 3.18. The lowest BCUT2D eigenvalue weighted by molar-refractivity contribution is 0.442. The van der Waals surface area contributed by atoms with Gasteiger partial charge in [0.25, 0.3) is 5.71 Å². The molecule has 1 aliphatic heterocycles. The van der Waals surface area contributed by atoms with Gasteiger partial charge in [0.1, 0.15) is 17.5 Å². The van der Waals surface area contributed by atoms with Crippen molar-refractivity contribution in [3.63, 3.8) is 0 Å². The number of anilines is 1. The van der Waals surface area contributed by atoms with E-state index < -0.39 is 0 Å². The van der Waals surface area contributed by atoms with Crippen molar-refractivity contribution in [2.75, 3.05) is 24.5 Å². The molecule has 0 bridgehead atoms. The van der Waals surface area contributed by atoms with E-state index in [1.807, 2.05) is 6.92 Å². The van der Waals surface area contributed by atoms with Crippen LogP contribution in [0.25, 0.3) is 11.1 Å². The van der Waals surface area contributed by atoms with Crippen LogP contribution >= 0.6 is 0 Å². The Morgan fingerprint density at radius 3 is 2.95 bits per heavy atom. The zero-order chi connectivity index (χ0) is 14.2. The molecule has 6 nitrogen and oxygen atoms in total. The molecule has 0 spiro atoms. The van der Waals surface area contributed by atoms with Crippen molar-refractivity contribution in [2.24, 2.45) is 5.92 Å². The molecule has 2 aliphatic rings. The first kappa shape index (κ1) is 13.0. The van der Waals surface area contributed by atoms with Crippen LogP contribution in [-0.4, -0.2) is 40.8 Å². The van der Waals surface area contributed by atoms with Crippen LogP contribution in [0.5, 0.6) is 0 Å². The van der Waals surface area contributed by atoms with Crippen molar-refractivity contribution in [3.8, 4) is 0 Å². The molecule has 4 rings (SSSR count). The summed E-state index contributed by atoms with van der Waals surface area (Å²) in [5.41, 5.74) is 1.47. The summed E-state index contributed by atoms with van der Waals surface area (Å²) in [6.07, 6.45) is 6.78.